The van der Waals surface area contributed by atoms with E-state index in [0.29, 0.717) is 6.54 Å². The molecule has 0 saturated heterocycles. The van der Waals surface area contributed by atoms with E-state index in [2.05, 4.69) is 62.1 Å². The summed E-state index contributed by atoms with van der Waals surface area (Å²) in [5.41, 5.74) is 11.0. The lowest BCUT2D eigenvalue weighted by atomic mass is 9.93. The summed E-state index contributed by atoms with van der Waals surface area (Å²) in [4.78, 5) is 2.34. The highest BCUT2D eigenvalue weighted by Gasteiger charge is 2.19. The fourth-order valence-electron chi connectivity index (χ4n) is 2.85. The monoisotopic (exact) mass is 300 g/mol. The molecule has 2 N–H and O–H groups in total. The Morgan fingerprint density at radius 3 is 2.59 bits per heavy atom. The fraction of sp³-hybridized carbons (Fsp3) is 0.500. The van der Waals surface area contributed by atoms with Crippen LogP contribution in [0.5, 0.6) is 0 Å². The average Bonchev–Trinajstić information content (AvgIpc) is 2.86. The van der Waals surface area contributed by atoms with Crippen molar-refractivity contribution in [2.24, 2.45) is 18.2 Å². The lowest BCUT2D eigenvalue weighted by Crippen LogP contribution is -2.36. The summed E-state index contributed by atoms with van der Waals surface area (Å²) < 4.78 is 1.93. The van der Waals surface area contributed by atoms with Crippen LogP contribution in [-0.2, 0) is 13.6 Å². The van der Waals surface area contributed by atoms with Crippen molar-refractivity contribution >= 4 is 0 Å². The van der Waals surface area contributed by atoms with E-state index < -0.39 is 0 Å². The first kappa shape index (κ1) is 16.7. The van der Waals surface area contributed by atoms with Crippen LogP contribution in [0, 0.1) is 12.3 Å². The van der Waals surface area contributed by atoms with Gasteiger partial charge in [0.15, 0.2) is 0 Å². The van der Waals surface area contributed by atoms with Crippen molar-refractivity contribution < 1.29 is 0 Å². The minimum atomic E-state index is 0.131. The van der Waals surface area contributed by atoms with Crippen molar-refractivity contribution in [3.8, 4) is 11.3 Å². The third kappa shape index (κ3) is 3.96. The van der Waals surface area contributed by atoms with Crippen molar-refractivity contribution in [3.05, 3.63) is 41.6 Å². The van der Waals surface area contributed by atoms with E-state index in [1.807, 2.05) is 17.9 Å². The molecule has 0 amide bonds. The van der Waals surface area contributed by atoms with Gasteiger partial charge in [0.1, 0.15) is 0 Å². The van der Waals surface area contributed by atoms with Crippen LogP contribution in [0.3, 0.4) is 0 Å². The van der Waals surface area contributed by atoms with Gasteiger partial charge in [0, 0.05) is 31.9 Å². The zero-order chi connectivity index (χ0) is 16.3. The Labute approximate surface area is 133 Å². The Hall–Kier alpha value is -1.65. The second kappa shape index (κ2) is 6.63. The predicted molar refractivity (Wildman–Crippen MR) is 92.6 cm³/mol. The Kier molecular flexibility index (Phi) is 5.04. The van der Waals surface area contributed by atoms with Gasteiger partial charge in [0.05, 0.1) is 5.69 Å². The minimum absolute atomic E-state index is 0.131. The molecule has 0 saturated carbocycles. The number of nitrogens with zero attached hydrogens (tertiary/aromatic N) is 3. The molecule has 0 unspecified atom stereocenters. The third-order valence-electron chi connectivity index (χ3n) is 4.05. The van der Waals surface area contributed by atoms with Crippen molar-refractivity contribution in [1.29, 1.82) is 0 Å². The largest absolute Gasteiger partial charge is 0.330 e. The highest BCUT2D eigenvalue weighted by molar-refractivity contribution is 5.64. The van der Waals surface area contributed by atoms with E-state index in [4.69, 9.17) is 5.73 Å². The van der Waals surface area contributed by atoms with E-state index in [9.17, 15) is 0 Å². The molecule has 0 spiro atoms. The number of aryl methyl sites for hydroxylation is 2. The van der Waals surface area contributed by atoms with Gasteiger partial charge in [0.2, 0.25) is 0 Å². The Morgan fingerprint density at radius 2 is 2.00 bits per heavy atom. The molecule has 0 atom stereocenters. The first-order valence-corrected chi connectivity index (χ1v) is 7.79. The van der Waals surface area contributed by atoms with E-state index in [1.165, 1.54) is 16.7 Å². The zero-order valence-electron chi connectivity index (χ0n) is 14.4. The standard InChI is InChI=1S/C18H28N4/c1-14-6-7-15(11-21(4)13-18(2,3)12-19)16(10-14)17-8-9-20-22(17)5/h6-10H,11-13,19H2,1-5H3. The van der Waals surface area contributed by atoms with Gasteiger partial charge in [-0.15, -0.1) is 0 Å². The lowest BCUT2D eigenvalue weighted by Gasteiger charge is -2.29. The van der Waals surface area contributed by atoms with Gasteiger partial charge in [-0.1, -0.05) is 31.5 Å². The van der Waals surface area contributed by atoms with Crippen LogP contribution < -0.4 is 5.73 Å². The van der Waals surface area contributed by atoms with Crippen molar-refractivity contribution in [3.63, 3.8) is 0 Å². The van der Waals surface area contributed by atoms with Crippen molar-refractivity contribution in [1.82, 2.24) is 14.7 Å². The number of hydrogen-bond acceptors (Lipinski definition) is 3. The van der Waals surface area contributed by atoms with E-state index in [0.717, 1.165) is 18.8 Å². The summed E-state index contributed by atoms with van der Waals surface area (Å²) in [6.07, 6.45) is 1.85. The number of aromatic nitrogens is 2. The molecule has 0 aliphatic rings. The van der Waals surface area contributed by atoms with Gasteiger partial charge in [-0.05, 0) is 43.6 Å². The lowest BCUT2D eigenvalue weighted by molar-refractivity contribution is 0.210. The van der Waals surface area contributed by atoms with E-state index in [-0.39, 0.29) is 5.41 Å². The second-order valence-electron chi connectivity index (χ2n) is 7.04. The Morgan fingerprint density at radius 1 is 1.27 bits per heavy atom. The number of rotatable bonds is 6. The highest BCUT2D eigenvalue weighted by atomic mass is 15.3. The quantitative estimate of drug-likeness (QED) is 0.892. The molecule has 1 aromatic carbocycles. The van der Waals surface area contributed by atoms with Crippen LogP contribution >= 0.6 is 0 Å². The molecule has 22 heavy (non-hydrogen) atoms. The molecule has 1 heterocycles. The van der Waals surface area contributed by atoms with E-state index in [1.54, 1.807) is 0 Å². The zero-order valence-corrected chi connectivity index (χ0v) is 14.4. The summed E-state index contributed by atoms with van der Waals surface area (Å²) in [5, 5.41) is 4.30. The fourth-order valence-corrected chi connectivity index (χ4v) is 2.85. The molecule has 120 valence electrons. The normalized spacial score (nSPS) is 12.1. The Bertz CT molecular complexity index is 628. The van der Waals surface area contributed by atoms with E-state index >= 15 is 0 Å². The van der Waals surface area contributed by atoms with Crippen LogP contribution in [0.15, 0.2) is 30.5 Å². The summed E-state index contributed by atoms with van der Waals surface area (Å²) in [6, 6.07) is 8.72. The molecular formula is C18H28N4. The minimum Gasteiger partial charge on any atom is -0.330 e. The predicted octanol–water partition coefficient (Wildman–Crippen LogP) is 2.81. The summed E-state index contributed by atoms with van der Waals surface area (Å²) in [7, 11) is 4.15. The summed E-state index contributed by atoms with van der Waals surface area (Å²) in [6.45, 7) is 9.12. The van der Waals surface area contributed by atoms with Crippen LogP contribution in [0.1, 0.15) is 25.0 Å². The maximum absolute atomic E-state index is 5.86. The smallest absolute Gasteiger partial charge is 0.0682 e. The van der Waals surface area contributed by atoms with Crippen LogP contribution in [0.4, 0.5) is 0 Å². The highest BCUT2D eigenvalue weighted by Crippen LogP contribution is 2.26. The van der Waals surface area contributed by atoms with Gasteiger partial charge in [-0.3, -0.25) is 4.68 Å². The molecule has 0 radical (unpaired) electrons. The van der Waals surface area contributed by atoms with Gasteiger partial charge in [0.25, 0.3) is 0 Å². The molecule has 0 aliphatic carbocycles. The topological polar surface area (TPSA) is 47.1 Å². The van der Waals surface area contributed by atoms with Crippen LogP contribution in [0.25, 0.3) is 11.3 Å². The molecule has 2 rings (SSSR count). The molecule has 1 aromatic heterocycles. The SMILES string of the molecule is Cc1ccc(CN(C)CC(C)(C)CN)c(-c2ccnn2C)c1. The molecule has 2 aromatic rings. The number of hydrogen-bond donors (Lipinski definition) is 1. The molecular weight excluding hydrogens is 272 g/mol. The van der Waals surface area contributed by atoms with Gasteiger partial charge < -0.3 is 10.6 Å². The van der Waals surface area contributed by atoms with Crippen molar-refractivity contribution in [2.75, 3.05) is 20.1 Å². The maximum Gasteiger partial charge on any atom is 0.0682 e. The molecule has 0 aliphatic heterocycles. The van der Waals surface area contributed by atoms with Gasteiger partial charge in [-0.2, -0.15) is 5.10 Å². The van der Waals surface area contributed by atoms with Crippen molar-refractivity contribution in [2.45, 2.75) is 27.3 Å². The molecule has 4 nitrogen and oxygen atoms in total. The number of benzene rings is 1. The molecule has 0 bridgehead atoms. The maximum atomic E-state index is 5.86. The molecule has 4 heteroatoms. The third-order valence-corrected chi connectivity index (χ3v) is 4.05. The first-order chi connectivity index (χ1) is 10.3. The molecule has 0 fully saturated rings. The average molecular weight is 300 g/mol. The Balaban J connectivity index is 2.27. The van der Waals surface area contributed by atoms with Gasteiger partial charge in [-0.25, -0.2) is 0 Å². The van der Waals surface area contributed by atoms with Crippen LogP contribution in [0.2, 0.25) is 0 Å². The summed E-state index contributed by atoms with van der Waals surface area (Å²) >= 11 is 0. The first-order valence-electron chi connectivity index (χ1n) is 7.79. The van der Waals surface area contributed by atoms with Gasteiger partial charge >= 0.3 is 0 Å². The summed E-state index contributed by atoms with van der Waals surface area (Å²) in [5.74, 6) is 0. The number of nitrogens with two attached hydrogens (primary N) is 1. The van der Waals surface area contributed by atoms with Crippen LogP contribution in [-0.4, -0.2) is 34.8 Å². The second-order valence-corrected chi connectivity index (χ2v) is 7.04.